The monoisotopic (exact) mass is 224 g/mol. The Bertz CT molecular complexity index is 261. The third-order valence-corrected chi connectivity index (χ3v) is 3.08. The van der Waals surface area contributed by atoms with Gasteiger partial charge in [-0.1, -0.05) is 6.42 Å². The van der Waals surface area contributed by atoms with E-state index in [0.717, 1.165) is 38.6 Å². The van der Waals surface area contributed by atoms with Crippen LogP contribution in [0.25, 0.3) is 0 Å². The Hall–Kier alpha value is -0.940. The predicted octanol–water partition coefficient (Wildman–Crippen LogP) is 0.330. The molecule has 2 aliphatic rings. The van der Waals surface area contributed by atoms with Crippen LogP contribution in [0.15, 0.2) is 4.99 Å². The van der Waals surface area contributed by atoms with E-state index in [1.54, 1.807) is 0 Å². The molecule has 0 radical (unpaired) electrons. The topological polar surface area (TPSA) is 65.5 Å². The third kappa shape index (κ3) is 3.28. The lowest BCUT2D eigenvalue weighted by molar-refractivity contribution is -0.124. The van der Waals surface area contributed by atoms with Gasteiger partial charge in [-0.15, -0.1) is 0 Å². The molecule has 0 aromatic rings. The van der Waals surface area contributed by atoms with Gasteiger partial charge in [0.15, 0.2) is 0 Å². The van der Waals surface area contributed by atoms with Crippen LogP contribution in [0.5, 0.6) is 0 Å². The van der Waals surface area contributed by atoms with Crippen molar-refractivity contribution in [2.45, 2.75) is 50.7 Å². The molecule has 1 saturated heterocycles. The minimum atomic E-state index is -0.0335. The molecule has 0 spiro atoms. The molecule has 1 amide bonds. The van der Waals surface area contributed by atoms with Crippen molar-refractivity contribution in [3.8, 4) is 0 Å². The van der Waals surface area contributed by atoms with Crippen molar-refractivity contribution in [1.29, 1.82) is 0 Å². The minimum Gasteiger partial charge on any atom is -0.306 e. The molecule has 2 rings (SSSR count). The van der Waals surface area contributed by atoms with Crippen molar-refractivity contribution in [3.63, 3.8) is 0 Å². The first-order valence-electron chi connectivity index (χ1n) is 6.16. The van der Waals surface area contributed by atoms with Gasteiger partial charge in [-0.3, -0.25) is 15.2 Å². The van der Waals surface area contributed by atoms with Crippen molar-refractivity contribution in [2.75, 3.05) is 6.54 Å². The van der Waals surface area contributed by atoms with Gasteiger partial charge >= 0.3 is 0 Å². The zero-order valence-corrected chi connectivity index (χ0v) is 9.54. The zero-order valence-electron chi connectivity index (χ0n) is 9.54. The summed E-state index contributed by atoms with van der Waals surface area (Å²) in [6, 6.07) is -0.0335. The number of aliphatic imine (C=N–C) groups is 1. The Labute approximate surface area is 96.1 Å². The molecule has 90 valence electrons. The van der Waals surface area contributed by atoms with Gasteiger partial charge in [-0.2, -0.15) is 0 Å². The second kappa shape index (κ2) is 5.96. The lowest BCUT2D eigenvalue weighted by atomic mass is 10.0. The van der Waals surface area contributed by atoms with E-state index >= 15 is 0 Å². The number of amides is 1. The molecule has 1 fully saturated rings. The first-order chi connectivity index (χ1) is 7.86. The van der Waals surface area contributed by atoms with Crippen LogP contribution in [0.2, 0.25) is 0 Å². The molecule has 0 aromatic heterocycles. The Morgan fingerprint density at radius 1 is 1.31 bits per heavy atom. The minimum absolute atomic E-state index is 0.0335. The number of nitrogens with one attached hydrogen (secondary N) is 3. The average molecular weight is 224 g/mol. The first kappa shape index (κ1) is 11.5. The summed E-state index contributed by atoms with van der Waals surface area (Å²) in [4.78, 5) is 16.0. The van der Waals surface area contributed by atoms with Crippen LogP contribution >= 0.6 is 0 Å². The summed E-state index contributed by atoms with van der Waals surface area (Å²) in [5.74, 6) is 0.0421. The summed E-state index contributed by atoms with van der Waals surface area (Å²) in [6.45, 7) is 0.944. The lowest BCUT2D eigenvalue weighted by Crippen LogP contribution is -2.53. The molecule has 0 bridgehead atoms. The fourth-order valence-electron chi connectivity index (χ4n) is 2.11. The van der Waals surface area contributed by atoms with E-state index in [0.29, 0.717) is 0 Å². The van der Waals surface area contributed by atoms with Crippen LogP contribution in [0.1, 0.15) is 38.5 Å². The van der Waals surface area contributed by atoms with Gasteiger partial charge in [0, 0.05) is 6.21 Å². The van der Waals surface area contributed by atoms with Crippen molar-refractivity contribution in [3.05, 3.63) is 0 Å². The van der Waals surface area contributed by atoms with Gasteiger partial charge in [0.1, 0.15) is 6.17 Å². The summed E-state index contributed by atoms with van der Waals surface area (Å²) in [6.07, 6.45) is 8.40. The highest BCUT2D eigenvalue weighted by Crippen LogP contribution is 2.08. The number of piperidine rings is 1. The number of hydrazine groups is 1. The van der Waals surface area contributed by atoms with Gasteiger partial charge in [0.25, 0.3) is 5.91 Å². The number of nitrogens with zero attached hydrogens (tertiary/aromatic N) is 1. The van der Waals surface area contributed by atoms with Crippen LogP contribution in [-0.2, 0) is 4.79 Å². The van der Waals surface area contributed by atoms with Crippen molar-refractivity contribution < 1.29 is 4.79 Å². The third-order valence-electron chi connectivity index (χ3n) is 3.08. The second-order valence-electron chi connectivity index (χ2n) is 4.41. The molecule has 2 atom stereocenters. The molecule has 5 nitrogen and oxygen atoms in total. The maximum Gasteiger partial charge on any atom is 0.251 e. The summed E-state index contributed by atoms with van der Waals surface area (Å²) in [5.41, 5.74) is 5.74. The Balaban J connectivity index is 1.70. The molecule has 0 saturated carbocycles. The van der Waals surface area contributed by atoms with Gasteiger partial charge in [0.2, 0.25) is 0 Å². The fraction of sp³-hybridized carbons (Fsp3) is 0.818. The highest BCUT2D eigenvalue weighted by atomic mass is 16.2. The average Bonchev–Trinajstić information content (AvgIpc) is 2.38. The maximum atomic E-state index is 11.8. The number of hydrogen-bond donors (Lipinski definition) is 3. The van der Waals surface area contributed by atoms with Crippen molar-refractivity contribution >= 4 is 12.1 Å². The van der Waals surface area contributed by atoms with Crippen molar-refractivity contribution in [1.82, 2.24) is 16.2 Å². The van der Waals surface area contributed by atoms with E-state index in [9.17, 15) is 4.79 Å². The van der Waals surface area contributed by atoms with Gasteiger partial charge in [0.05, 0.1) is 6.04 Å². The molecule has 2 heterocycles. The number of carbonyl (C=O) groups excluding carboxylic acids is 1. The normalized spacial score (nSPS) is 30.0. The largest absolute Gasteiger partial charge is 0.306 e. The smallest absolute Gasteiger partial charge is 0.251 e. The highest BCUT2D eigenvalue weighted by Gasteiger charge is 2.20. The van der Waals surface area contributed by atoms with Crippen LogP contribution in [0, 0.1) is 0 Å². The molecular formula is C11H20N4O. The Morgan fingerprint density at radius 3 is 2.94 bits per heavy atom. The molecule has 16 heavy (non-hydrogen) atoms. The van der Waals surface area contributed by atoms with E-state index in [4.69, 9.17) is 0 Å². The van der Waals surface area contributed by atoms with Gasteiger partial charge < -0.3 is 5.32 Å². The number of hydrogen-bond acceptors (Lipinski definition) is 4. The molecule has 2 aliphatic heterocycles. The molecular weight excluding hydrogens is 204 g/mol. The fourth-order valence-corrected chi connectivity index (χ4v) is 2.11. The van der Waals surface area contributed by atoms with E-state index < -0.39 is 0 Å². The standard InChI is InChI=1S/C11H20N4O/c16-11(9-5-1-3-7-12-9)15-14-10-6-2-4-8-13-10/h8-10,12,14H,1-7H2,(H,15,16). The van der Waals surface area contributed by atoms with E-state index in [2.05, 4.69) is 21.2 Å². The van der Waals surface area contributed by atoms with E-state index in [-0.39, 0.29) is 18.1 Å². The SMILES string of the molecule is O=C(NNC1CCCC=N1)C1CCCCN1. The van der Waals surface area contributed by atoms with Crippen LogP contribution in [0.4, 0.5) is 0 Å². The zero-order chi connectivity index (χ0) is 11.2. The van der Waals surface area contributed by atoms with Gasteiger partial charge in [-0.05, 0) is 38.6 Å². The Kier molecular flexibility index (Phi) is 4.30. The second-order valence-corrected chi connectivity index (χ2v) is 4.41. The number of rotatable bonds is 3. The van der Waals surface area contributed by atoms with Crippen LogP contribution in [-0.4, -0.2) is 30.9 Å². The summed E-state index contributed by atoms with van der Waals surface area (Å²) in [7, 11) is 0. The molecule has 0 aromatic carbocycles. The lowest BCUT2D eigenvalue weighted by Gasteiger charge is -2.24. The highest BCUT2D eigenvalue weighted by molar-refractivity contribution is 5.81. The summed E-state index contributed by atoms with van der Waals surface area (Å²) >= 11 is 0. The molecule has 2 unspecified atom stereocenters. The quantitative estimate of drug-likeness (QED) is 0.605. The predicted molar refractivity (Wildman–Crippen MR) is 63.1 cm³/mol. The van der Waals surface area contributed by atoms with E-state index in [1.165, 1.54) is 6.42 Å². The molecule has 0 aliphatic carbocycles. The Morgan fingerprint density at radius 2 is 2.25 bits per heavy atom. The van der Waals surface area contributed by atoms with Gasteiger partial charge in [-0.25, -0.2) is 5.43 Å². The van der Waals surface area contributed by atoms with E-state index in [1.807, 2.05) is 6.21 Å². The van der Waals surface area contributed by atoms with Crippen molar-refractivity contribution in [2.24, 2.45) is 4.99 Å². The first-order valence-corrected chi connectivity index (χ1v) is 6.16. The summed E-state index contributed by atoms with van der Waals surface area (Å²) < 4.78 is 0. The summed E-state index contributed by atoms with van der Waals surface area (Å²) in [5, 5.41) is 3.22. The van der Waals surface area contributed by atoms with Crippen LogP contribution in [0.3, 0.4) is 0 Å². The number of carbonyl (C=O) groups is 1. The van der Waals surface area contributed by atoms with Crippen LogP contribution < -0.4 is 16.2 Å². The molecule has 3 N–H and O–H groups in total. The maximum absolute atomic E-state index is 11.8. The molecule has 5 heteroatoms.